The Morgan fingerprint density at radius 2 is 1.81 bits per heavy atom. The molecule has 1 N–H and O–H groups in total. The molecule has 0 aliphatic carbocycles. The predicted molar refractivity (Wildman–Crippen MR) is 127 cm³/mol. The predicted octanol–water partition coefficient (Wildman–Crippen LogP) is 5.47. The van der Waals surface area contributed by atoms with Gasteiger partial charge in [0.1, 0.15) is 12.4 Å². The molecule has 162 valence electrons. The zero-order valence-corrected chi connectivity index (χ0v) is 18.7. The van der Waals surface area contributed by atoms with Crippen LogP contribution in [0.1, 0.15) is 16.7 Å². The lowest BCUT2D eigenvalue weighted by atomic mass is 10.2. The van der Waals surface area contributed by atoms with Crippen molar-refractivity contribution >= 4 is 39.0 Å². The molecule has 0 aliphatic rings. The molecular formula is C25H21BrN2O4. The fourth-order valence-corrected chi connectivity index (χ4v) is 3.61. The van der Waals surface area contributed by atoms with Gasteiger partial charge in [0.2, 0.25) is 6.61 Å². The number of halogens is 1. The maximum atomic E-state index is 10.7. The first-order chi connectivity index (χ1) is 15.6. The summed E-state index contributed by atoms with van der Waals surface area (Å²) >= 11 is 3.44. The summed E-state index contributed by atoms with van der Waals surface area (Å²) in [5, 5.41) is 13.5. The van der Waals surface area contributed by atoms with Gasteiger partial charge in [-0.1, -0.05) is 63.6 Å². The average Bonchev–Trinajstić information content (AvgIpc) is 3.13. The number of hydrogen-bond donors (Lipinski definition) is 1. The number of hydrogen-bond acceptors (Lipinski definition) is 4. The summed E-state index contributed by atoms with van der Waals surface area (Å²) < 4.78 is 9.15. The molecule has 0 atom stereocenters. The lowest BCUT2D eigenvalue weighted by molar-refractivity contribution is -0.142. The summed E-state index contributed by atoms with van der Waals surface area (Å²) in [4.78, 5) is 15.5. The second-order valence-corrected chi connectivity index (χ2v) is 8.11. The number of benzene rings is 3. The van der Waals surface area contributed by atoms with Crippen LogP contribution in [0, 0.1) is 0 Å². The van der Waals surface area contributed by atoms with Crippen LogP contribution in [0.25, 0.3) is 10.9 Å². The Bertz CT molecular complexity index is 1230. The molecule has 1 heterocycles. The van der Waals surface area contributed by atoms with Crippen molar-refractivity contribution in [3.05, 3.63) is 100 Å². The Balaban J connectivity index is 1.61. The quantitative estimate of drug-likeness (QED) is 0.248. The number of nitrogens with zero attached hydrogens (tertiary/aromatic N) is 2. The molecule has 4 rings (SSSR count). The van der Waals surface area contributed by atoms with Gasteiger partial charge in [0, 0.05) is 33.7 Å². The van der Waals surface area contributed by atoms with Gasteiger partial charge in [-0.05, 0) is 41.5 Å². The van der Waals surface area contributed by atoms with Crippen LogP contribution < -0.4 is 4.74 Å². The van der Waals surface area contributed by atoms with Gasteiger partial charge in [-0.25, -0.2) is 4.79 Å². The second kappa shape index (κ2) is 10.2. The molecule has 6 nitrogen and oxygen atoms in total. The summed E-state index contributed by atoms with van der Waals surface area (Å²) in [5.41, 5.74) is 4.07. The number of rotatable bonds is 9. The molecule has 0 unspecified atom stereocenters. The minimum atomic E-state index is -1.07. The third kappa shape index (κ3) is 5.56. The highest BCUT2D eigenvalue weighted by Gasteiger charge is 2.10. The Hall–Kier alpha value is -3.58. The summed E-state index contributed by atoms with van der Waals surface area (Å²) in [6.07, 6.45) is 3.51. The zero-order valence-electron chi connectivity index (χ0n) is 17.1. The van der Waals surface area contributed by atoms with Crippen LogP contribution in [0.15, 0.2) is 88.6 Å². The van der Waals surface area contributed by atoms with E-state index in [9.17, 15) is 4.79 Å². The third-order valence-corrected chi connectivity index (χ3v) is 5.38. The summed E-state index contributed by atoms with van der Waals surface area (Å²) in [6, 6.07) is 24.1. The Morgan fingerprint density at radius 3 is 2.56 bits per heavy atom. The molecule has 0 aliphatic heterocycles. The Kier molecular flexibility index (Phi) is 6.87. The number of carboxylic acids is 1. The van der Waals surface area contributed by atoms with Gasteiger partial charge < -0.3 is 19.2 Å². The van der Waals surface area contributed by atoms with Crippen LogP contribution in [-0.2, 0) is 22.8 Å². The van der Waals surface area contributed by atoms with Gasteiger partial charge in [-0.3, -0.25) is 0 Å². The van der Waals surface area contributed by atoms with E-state index >= 15 is 0 Å². The number of aromatic nitrogens is 1. The third-order valence-electron chi connectivity index (χ3n) is 4.85. The van der Waals surface area contributed by atoms with Gasteiger partial charge in [-0.15, -0.1) is 0 Å². The number of fused-ring (bicyclic) bond motifs is 1. The van der Waals surface area contributed by atoms with Crippen molar-refractivity contribution in [2.45, 2.75) is 13.2 Å². The summed E-state index contributed by atoms with van der Waals surface area (Å²) in [6.45, 7) is 0.662. The maximum Gasteiger partial charge on any atom is 0.344 e. The first-order valence-corrected chi connectivity index (χ1v) is 10.8. The number of aliphatic carboxylic acids is 1. The van der Waals surface area contributed by atoms with Crippen molar-refractivity contribution in [3.63, 3.8) is 0 Å². The van der Waals surface area contributed by atoms with Gasteiger partial charge in [0.05, 0.1) is 6.21 Å². The van der Waals surface area contributed by atoms with Crippen LogP contribution in [0.4, 0.5) is 0 Å². The Morgan fingerprint density at radius 1 is 1.03 bits per heavy atom. The first kappa shape index (κ1) is 21.6. The van der Waals surface area contributed by atoms with E-state index in [0.717, 1.165) is 32.3 Å². The fraction of sp³-hybridized carbons (Fsp3) is 0.120. The standard InChI is InChI=1S/C25H21BrN2O4/c26-21-8-6-19(7-9-21)16-31-22-10-11-24-23(12-22)20(13-27-32-17-25(29)30)15-28(24)14-18-4-2-1-3-5-18/h1-13,15H,14,16-17H2,(H,29,30)/b27-13+. The van der Waals surface area contributed by atoms with E-state index in [-0.39, 0.29) is 0 Å². The van der Waals surface area contributed by atoms with E-state index in [2.05, 4.69) is 37.8 Å². The summed E-state index contributed by atoms with van der Waals surface area (Å²) in [5.74, 6) is -0.337. The average molecular weight is 493 g/mol. The monoisotopic (exact) mass is 492 g/mol. The molecule has 0 saturated heterocycles. The van der Waals surface area contributed by atoms with Gasteiger partial charge in [0.25, 0.3) is 0 Å². The van der Waals surface area contributed by atoms with Crippen LogP contribution in [0.5, 0.6) is 5.75 Å². The van der Waals surface area contributed by atoms with Crippen molar-refractivity contribution in [1.82, 2.24) is 4.57 Å². The minimum Gasteiger partial charge on any atom is -0.489 e. The second-order valence-electron chi connectivity index (χ2n) is 7.19. The van der Waals surface area contributed by atoms with Gasteiger partial charge in [-0.2, -0.15) is 0 Å². The number of carbonyl (C=O) groups is 1. The molecule has 0 spiro atoms. The molecule has 32 heavy (non-hydrogen) atoms. The van der Waals surface area contributed by atoms with Gasteiger partial charge >= 0.3 is 5.97 Å². The van der Waals surface area contributed by atoms with Crippen LogP contribution in [-0.4, -0.2) is 28.5 Å². The van der Waals surface area contributed by atoms with E-state index in [1.165, 1.54) is 11.8 Å². The molecule has 0 radical (unpaired) electrons. The Labute approximate surface area is 193 Å². The lowest BCUT2D eigenvalue weighted by Gasteiger charge is -2.09. The highest BCUT2D eigenvalue weighted by molar-refractivity contribution is 9.10. The maximum absolute atomic E-state index is 10.7. The molecule has 7 heteroatoms. The lowest BCUT2D eigenvalue weighted by Crippen LogP contribution is -2.03. The number of carboxylic acid groups (broad SMARTS) is 1. The van der Waals surface area contributed by atoms with Crippen molar-refractivity contribution in [2.75, 3.05) is 6.61 Å². The van der Waals surface area contributed by atoms with Crippen LogP contribution in [0.3, 0.4) is 0 Å². The van der Waals surface area contributed by atoms with Crippen LogP contribution >= 0.6 is 15.9 Å². The highest BCUT2D eigenvalue weighted by atomic mass is 79.9. The van der Waals surface area contributed by atoms with E-state index in [1.807, 2.05) is 66.9 Å². The minimum absolute atomic E-state index is 0.453. The SMILES string of the molecule is O=C(O)CO/N=C/c1cn(Cc2ccccc2)c2ccc(OCc3ccc(Br)cc3)cc12. The number of ether oxygens (including phenoxy) is 1. The van der Waals surface area contributed by atoms with E-state index in [4.69, 9.17) is 14.7 Å². The van der Waals surface area contributed by atoms with E-state index in [0.29, 0.717) is 13.2 Å². The number of oxime groups is 1. The van der Waals surface area contributed by atoms with Gasteiger partial charge in [0.15, 0.2) is 0 Å². The van der Waals surface area contributed by atoms with Crippen molar-refractivity contribution in [2.24, 2.45) is 5.16 Å². The zero-order chi connectivity index (χ0) is 22.3. The normalized spacial score (nSPS) is 11.2. The smallest absolute Gasteiger partial charge is 0.344 e. The topological polar surface area (TPSA) is 73.0 Å². The molecule has 0 bridgehead atoms. The van der Waals surface area contributed by atoms with Crippen molar-refractivity contribution in [3.8, 4) is 5.75 Å². The molecule has 4 aromatic rings. The fourth-order valence-electron chi connectivity index (χ4n) is 3.34. The van der Waals surface area contributed by atoms with E-state index < -0.39 is 12.6 Å². The molecule has 0 saturated carbocycles. The highest BCUT2D eigenvalue weighted by Crippen LogP contribution is 2.27. The molecule has 0 amide bonds. The van der Waals surface area contributed by atoms with Crippen molar-refractivity contribution in [1.29, 1.82) is 0 Å². The molecule has 0 fully saturated rings. The molecule has 3 aromatic carbocycles. The van der Waals surface area contributed by atoms with Crippen LogP contribution in [0.2, 0.25) is 0 Å². The first-order valence-electron chi connectivity index (χ1n) is 10.00. The largest absolute Gasteiger partial charge is 0.489 e. The summed E-state index contributed by atoms with van der Waals surface area (Å²) in [7, 11) is 0. The van der Waals surface area contributed by atoms with E-state index in [1.54, 1.807) is 0 Å². The molecule has 1 aromatic heterocycles. The molecular weight excluding hydrogens is 472 g/mol. The van der Waals surface area contributed by atoms with Crippen molar-refractivity contribution < 1.29 is 19.5 Å².